The molecular formula is C15H28N4O2. The van der Waals surface area contributed by atoms with Crippen LogP contribution in [0.5, 0.6) is 0 Å². The van der Waals surface area contributed by atoms with Crippen molar-refractivity contribution in [3.8, 4) is 0 Å². The summed E-state index contributed by atoms with van der Waals surface area (Å²) in [7, 11) is 3.51. The van der Waals surface area contributed by atoms with Crippen molar-refractivity contribution in [1.82, 2.24) is 9.97 Å². The van der Waals surface area contributed by atoms with Crippen molar-refractivity contribution in [2.75, 3.05) is 44.1 Å². The minimum atomic E-state index is -0.540. The highest BCUT2D eigenvalue weighted by Crippen LogP contribution is 2.30. The molecule has 1 atom stereocenters. The summed E-state index contributed by atoms with van der Waals surface area (Å²) < 4.78 is 4.97. The molecule has 0 aliphatic rings. The Morgan fingerprint density at radius 1 is 1.38 bits per heavy atom. The van der Waals surface area contributed by atoms with Crippen LogP contribution in [0, 0.1) is 0 Å². The molecule has 0 bridgehead atoms. The van der Waals surface area contributed by atoms with Crippen LogP contribution in [0.15, 0.2) is 6.33 Å². The number of nitrogens with one attached hydrogen (secondary N) is 1. The van der Waals surface area contributed by atoms with Gasteiger partial charge in [0.25, 0.3) is 0 Å². The van der Waals surface area contributed by atoms with Gasteiger partial charge < -0.3 is 20.1 Å². The van der Waals surface area contributed by atoms with E-state index in [9.17, 15) is 5.11 Å². The zero-order chi connectivity index (χ0) is 15.8. The van der Waals surface area contributed by atoms with E-state index in [-0.39, 0.29) is 0 Å². The first-order valence-corrected chi connectivity index (χ1v) is 7.48. The first-order valence-electron chi connectivity index (χ1n) is 7.48. The molecule has 0 amide bonds. The van der Waals surface area contributed by atoms with Gasteiger partial charge in [0.15, 0.2) is 0 Å². The van der Waals surface area contributed by atoms with Gasteiger partial charge in [-0.3, -0.25) is 0 Å². The fourth-order valence-electron chi connectivity index (χ4n) is 2.25. The van der Waals surface area contributed by atoms with E-state index in [0.717, 1.165) is 30.2 Å². The zero-order valence-corrected chi connectivity index (χ0v) is 13.8. The maximum atomic E-state index is 9.90. The molecular weight excluding hydrogens is 268 g/mol. The van der Waals surface area contributed by atoms with Crippen molar-refractivity contribution in [2.45, 2.75) is 39.2 Å². The third kappa shape index (κ3) is 5.13. The third-order valence-corrected chi connectivity index (χ3v) is 3.19. The molecule has 0 spiro atoms. The molecule has 1 unspecified atom stereocenters. The van der Waals surface area contributed by atoms with Crippen LogP contribution in [0.2, 0.25) is 0 Å². The van der Waals surface area contributed by atoms with Crippen molar-refractivity contribution in [3.63, 3.8) is 0 Å². The Kier molecular flexibility index (Phi) is 7.39. The Morgan fingerprint density at radius 3 is 2.67 bits per heavy atom. The Hall–Kier alpha value is -1.40. The van der Waals surface area contributed by atoms with Crippen LogP contribution < -0.4 is 10.2 Å². The van der Waals surface area contributed by atoms with Gasteiger partial charge in [0.1, 0.15) is 18.0 Å². The highest BCUT2D eigenvalue weighted by molar-refractivity contribution is 5.60. The van der Waals surface area contributed by atoms with Crippen LogP contribution in [-0.2, 0) is 4.74 Å². The second kappa shape index (κ2) is 8.79. The van der Waals surface area contributed by atoms with Gasteiger partial charge in [0.2, 0.25) is 0 Å². The summed E-state index contributed by atoms with van der Waals surface area (Å²) in [5.41, 5.74) is 1.08. The Morgan fingerprint density at radius 2 is 2.10 bits per heavy atom. The van der Waals surface area contributed by atoms with E-state index in [1.165, 1.54) is 0 Å². The van der Waals surface area contributed by atoms with E-state index < -0.39 is 6.10 Å². The van der Waals surface area contributed by atoms with E-state index in [0.29, 0.717) is 19.1 Å². The van der Waals surface area contributed by atoms with Crippen molar-refractivity contribution in [3.05, 3.63) is 11.9 Å². The maximum Gasteiger partial charge on any atom is 0.137 e. The number of rotatable bonds is 9. The SMILES string of the molecule is CCCNc1ncnc(N(C)CC(O)COC)c1C(C)C. The lowest BCUT2D eigenvalue weighted by atomic mass is 10.0. The normalized spacial score (nSPS) is 12.5. The van der Waals surface area contributed by atoms with E-state index in [2.05, 4.69) is 36.1 Å². The Labute approximate surface area is 127 Å². The highest BCUT2D eigenvalue weighted by Gasteiger charge is 2.19. The molecule has 120 valence electrons. The number of aromatic nitrogens is 2. The molecule has 0 radical (unpaired) electrons. The average molecular weight is 296 g/mol. The molecule has 1 heterocycles. The lowest BCUT2D eigenvalue weighted by molar-refractivity contribution is 0.0694. The fourth-order valence-corrected chi connectivity index (χ4v) is 2.25. The summed E-state index contributed by atoms with van der Waals surface area (Å²) in [6.07, 6.45) is 2.07. The van der Waals surface area contributed by atoms with Gasteiger partial charge in [-0.2, -0.15) is 0 Å². The molecule has 6 heteroatoms. The van der Waals surface area contributed by atoms with Gasteiger partial charge in [0.05, 0.1) is 12.7 Å². The number of ether oxygens (including phenoxy) is 1. The van der Waals surface area contributed by atoms with Crippen LogP contribution in [-0.4, -0.2) is 55.0 Å². The molecule has 0 aliphatic heterocycles. The van der Waals surface area contributed by atoms with E-state index in [1.807, 2.05) is 11.9 Å². The molecule has 6 nitrogen and oxygen atoms in total. The number of likely N-dealkylation sites (N-methyl/N-ethyl adjacent to an activating group) is 1. The summed E-state index contributed by atoms with van der Waals surface area (Å²) in [4.78, 5) is 10.7. The standard InChI is InChI=1S/C15H28N4O2/c1-6-7-16-14-13(11(2)3)15(18-10-17-14)19(4)8-12(20)9-21-5/h10-12,20H,6-9H2,1-5H3,(H,16,17,18). The molecule has 1 aromatic heterocycles. The first kappa shape index (κ1) is 17.7. The zero-order valence-electron chi connectivity index (χ0n) is 13.8. The number of aliphatic hydroxyl groups excluding tert-OH is 1. The van der Waals surface area contributed by atoms with Crippen LogP contribution in [0.3, 0.4) is 0 Å². The third-order valence-electron chi connectivity index (χ3n) is 3.19. The summed E-state index contributed by atoms with van der Waals surface area (Å²) in [6, 6.07) is 0. The predicted octanol–water partition coefficient (Wildman–Crippen LogP) is 1.87. The van der Waals surface area contributed by atoms with E-state index in [1.54, 1.807) is 13.4 Å². The largest absolute Gasteiger partial charge is 0.389 e. The summed E-state index contributed by atoms with van der Waals surface area (Å²) >= 11 is 0. The average Bonchev–Trinajstić information content (AvgIpc) is 2.44. The number of aliphatic hydroxyl groups is 1. The monoisotopic (exact) mass is 296 g/mol. The second-order valence-corrected chi connectivity index (χ2v) is 5.53. The van der Waals surface area contributed by atoms with Crippen LogP contribution >= 0.6 is 0 Å². The number of hydrogen-bond donors (Lipinski definition) is 2. The van der Waals surface area contributed by atoms with Gasteiger partial charge in [-0.05, 0) is 12.3 Å². The molecule has 1 aromatic rings. The summed E-state index contributed by atoms with van der Waals surface area (Å²) in [5, 5.41) is 13.2. The Balaban J connectivity index is 2.99. The minimum absolute atomic E-state index is 0.294. The van der Waals surface area contributed by atoms with Crippen molar-refractivity contribution < 1.29 is 9.84 Å². The topological polar surface area (TPSA) is 70.5 Å². The number of methoxy groups -OCH3 is 1. The van der Waals surface area contributed by atoms with Crippen LogP contribution in [0.25, 0.3) is 0 Å². The van der Waals surface area contributed by atoms with E-state index in [4.69, 9.17) is 4.74 Å². The molecule has 1 rings (SSSR count). The molecule has 0 saturated heterocycles. The molecule has 0 saturated carbocycles. The lowest BCUT2D eigenvalue weighted by Crippen LogP contribution is -2.33. The maximum absolute atomic E-state index is 9.90. The van der Waals surface area contributed by atoms with Gasteiger partial charge in [-0.15, -0.1) is 0 Å². The van der Waals surface area contributed by atoms with Crippen LogP contribution in [0.1, 0.15) is 38.7 Å². The van der Waals surface area contributed by atoms with Gasteiger partial charge in [0, 0.05) is 32.8 Å². The summed E-state index contributed by atoms with van der Waals surface area (Å²) in [5.74, 6) is 2.03. The van der Waals surface area contributed by atoms with Crippen molar-refractivity contribution in [2.24, 2.45) is 0 Å². The number of hydrogen-bond acceptors (Lipinski definition) is 6. The molecule has 0 aliphatic carbocycles. The van der Waals surface area contributed by atoms with Crippen molar-refractivity contribution >= 4 is 11.6 Å². The fraction of sp³-hybridized carbons (Fsp3) is 0.733. The lowest BCUT2D eigenvalue weighted by Gasteiger charge is -2.26. The highest BCUT2D eigenvalue weighted by atomic mass is 16.5. The Bertz CT molecular complexity index is 426. The molecule has 21 heavy (non-hydrogen) atoms. The molecule has 2 N–H and O–H groups in total. The summed E-state index contributed by atoms with van der Waals surface area (Å²) in [6.45, 7) is 8.03. The van der Waals surface area contributed by atoms with Gasteiger partial charge >= 0.3 is 0 Å². The quantitative estimate of drug-likeness (QED) is 0.725. The smallest absolute Gasteiger partial charge is 0.137 e. The van der Waals surface area contributed by atoms with Crippen molar-refractivity contribution in [1.29, 1.82) is 0 Å². The van der Waals surface area contributed by atoms with Crippen LogP contribution in [0.4, 0.5) is 11.6 Å². The second-order valence-electron chi connectivity index (χ2n) is 5.53. The number of nitrogens with zero attached hydrogens (tertiary/aromatic N) is 3. The predicted molar refractivity (Wildman–Crippen MR) is 86.1 cm³/mol. The number of anilines is 2. The van der Waals surface area contributed by atoms with E-state index >= 15 is 0 Å². The van der Waals surface area contributed by atoms with Gasteiger partial charge in [-0.25, -0.2) is 9.97 Å². The molecule has 0 aromatic carbocycles. The first-order chi connectivity index (χ1) is 10.0. The minimum Gasteiger partial charge on any atom is -0.389 e. The van der Waals surface area contributed by atoms with Gasteiger partial charge in [-0.1, -0.05) is 20.8 Å². The molecule has 0 fully saturated rings.